The molecule has 25 heavy (non-hydrogen) atoms. The summed E-state index contributed by atoms with van der Waals surface area (Å²) in [7, 11) is 0. The summed E-state index contributed by atoms with van der Waals surface area (Å²) in [5, 5.41) is 5.25. The van der Waals surface area contributed by atoms with Crippen LogP contribution in [0.3, 0.4) is 0 Å². The molecule has 0 spiro atoms. The van der Waals surface area contributed by atoms with E-state index >= 15 is 0 Å². The van der Waals surface area contributed by atoms with Crippen LogP contribution in [0.2, 0.25) is 0 Å². The number of rotatable bonds is 4. The van der Waals surface area contributed by atoms with E-state index in [9.17, 15) is 9.59 Å². The number of fused-ring (bicyclic) bond motifs is 1. The molecule has 2 aromatic carbocycles. The summed E-state index contributed by atoms with van der Waals surface area (Å²) in [6.45, 7) is 6.39. The lowest BCUT2D eigenvalue weighted by Gasteiger charge is -2.12. The van der Waals surface area contributed by atoms with Crippen molar-refractivity contribution in [3.63, 3.8) is 0 Å². The lowest BCUT2D eigenvalue weighted by atomic mass is 10.1. The lowest BCUT2D eigenvalue weighted by molar-refractivity contribution is 0.0727. The fourth-order valence-electron chi connectivity index (χ4n) is 2.62. The van der Waals surface area contributed by atoms with Gasteiger partial charge < -0.3 is 4.74 Å². The van der Waals surface area contributed by atoms with Crippen LogP contribution in [0.25, 0.3) is 10.8 Å². The van der Waals surface area contributed by atoms with Gasteiger partial charge in [-0.1, -0.05) is 49.7 Å². The monoisotopic (exact) mass is 336 g/mol. The fraction of sp³-hybridized carbons (Fsp3) is 0.250. The highest BCUT2D eigenvalue weighted by molar-refractivity contribution is 6.02. The average molecular weight is 336 g/mol. The van der Waals surface area contributed by atoms with Gasteiger partial charge >= 0.3 is 5.97 Å². The third-order valence-electron chi connectivity index (χ3n) is 3.83. The van der Waals surface area contributed by atoms with Crippen LogP contribution in [0.15, 0.2) is 53.3 Å². The van der Waals surface area contributed by atoms with E-state index in [1.54, 1.807) is 36.4 Å². The molecule has 3 rings (SSSR count). The maximum atomic E-state index is 12.7. The van der Waals surface area contributed by atoms with E-state index in [0.29, 0.717) is 23.1 Å². The van der Waals surface area contributed by atoms with E-state index in [0.717, 1.165) is 5.56 Å². The Balaban J connectivity index is 2.07. The zero-order valence-electron chi connectivity index (χ0n) is 14.5. The predicted octanol–water partition coefficient (Wildman–Crippen LogP) is 3.58. The van der Waals surface area contributed by atoms with Gasteiger partial charge in [0.25, 0.3) is 5.56 Å². The van der Waals surface area contributed by atoms with Crippen LogP contribution < -0.4 is 10.3 Å². The van der Waals surface area contributed by atoms with Gasteiger partial charge in [0.05, 0.1) is 5.39 Å². The summed E-state index contributed by atoms with van der Waals surface area (Å²) >= 11 is 0. The molecule has 3 aromatic rings. The minimum atomic E-state index is -0.572. The summed E-state index contributed by atoms with van der Waals surface area (Å²) < 4.78 is 6.79. The highest BCUT2D eigenvalue weighted by atomic mass is 16.5. The van der Waals surface area contributed by atoms with Gasteiger partial charge in [0, 0.05) is 11.9 Å². The SMILES string of the molecule is Cc1ccc(OC(=O)c2nn(CC(C)C)c(=O)c3ccccc23)cc1. The first-order chi connectivity index (χ1) is 12.0. The number of aryl methyl sites for hydroxylation is 1. The Morgan fingerprint density at radius 1 is 1.08 bits per heavy atom. The molecule has 0 atom stereocenters. The molecule has 0 saturated heterocycles. The maximum Gasteiger partial charge on any atom is 0.364 e. The maximum absolute atomic E-state index is 12.7. The molecular weight excluding hydrogens is 316 g/mol. The Labute approximate surface area is 145 Å². The second-order valence-corrected chi connectivity index (χ2v) is 6.48. The van der Waals surface area contributed by atoms with Crippen molar-refractivity contribution >= 4 is 16.7 Å². The second kappa shape index (κ2) is 6.89. The highest BCUT2D eigenvalue weighted by Gasteiger charge is 2.19. The smallest absolute Gasteiger partial charge is 0.364 e. The Bertz CT molecular complexity index is 972. The number of carbonyl (C=O) groups is 1. The zero-order chi connectivity index (χ0) is 18.0. The molecule has 0 aliphatic heterocycles. The predicted molar refractivity (Wildman–Crippen MR) is 97.0 cm³/mol. The number of aromatic nitrogens is 2. The number of nitrogens with zero attached hydrogens (tertiary/aromatic N) is 2. The van der Waals surface area contributed by atoms with Crippen molar-refractivity contribution in [3.8, 4) is 5.75 Å². The van der Waals surface area contributed by atoms with Crippen molar-refractivity contribution in [3.05, 3.63) is 70.1 Å². The van der Waals surface area contributed by atoms with Gasteiger partial charge in [0.15, 0.2) is 5.69 Å². The number of ether oxygens (including phenoxy) is 1. The summed E-state index contributed by atoms with van der Waals surface area (Å²) in [6, 6.07) is 14.2. The van der Waals surface area contributed by atoms with Gasteiger partial charge in [0.1, 0.15) is 5.75 Å². The van der Waals surface area contributed by atoms with Gasteiger partial charge in [-0.05, 0) is 31.0 Å². The van der Waals surface area contributed by atoms with E-state index < -0.39 is 5.97 Å². The van der Waals surface area contributed by atoms with E-state index in [2.05, 4.69) is 5.10 Å². The molecule has 5 heteroatoms. The van der Waals surface area contributed by atoms with Crippen LogP contribution in [0.5, 0.6) is 5.75 Å². The number of carbonyl (C=O) groups excluding carboxylic acids is 1. The average Bonchev–Trinajstić information content (AvgIpc) is 2.59. The molecule has 0 bridgehead atoms. The van der Waals surface area contributed by atoms with Crippen LogP contribution in [0, 0.1) is 12.8 Å². The lowest BCUT2D eigenvalue weighted by Crippen LogP contribution is -2.28. The largest absolute Gasteiger partial charge is 0.422 e. The number of hydrogen-bond donors (Lipinski definition) is 0. The topological polar surface area (TPSA) is 61.2 Å². The van der Waals surface area contributed by atoms with Crippen LogP contribution in [-0.2, 0) is 6.54 Å². The Hall–Kier alpha value is -2.95. The minimum Gasteiger partial charge on any atom is -0.422 e. The van der Waals surface area contributed by atoms with Gasteiger partial charge in [-0.2, -0.15) is 5.10 Å². The quantitative estimate of drug-likeness (QED) is 0.540. The van der Waals surface area contributed by atoms with Crippen LogP contribution in [0.1, 0.15) is 29.9 Å². The Morgan fingerprint density at radius 3 is 2.36 bits per heavy atom. The fourth-order valence-corrected chi connectivity index (χ4v) is 2.62. The summed E-state index contributed by atoms with van der Waals surface area (Å²) in [5.41, 5.74) is 1.03. The van der Waals surface area contributed by atoms with Crippen molar-refractivity contribution in [2.24, 2.45) is 5.92 Å². The van der Waals surface area contributed by atoms with Gasteiger partial charge in [0.2, 0.25) is 0 Å². The number of hydrogen-bond acceptors (Lipinski definition) is 4. The minimum absolute atomic E-state index is 0.149. The molecule has 0 N–H and O–H groups in total. The molecule has 1 aromatic heterocycles. The van der Waals surface area contributed by atoms with Gasteiger partial charge in [-0.15, -0.1) is 0 Å². The van der Waals surface area contributed by atoms with E-state index in [1.165, 1.54) is 4.68 Å². The molecule has 5 nitrogen and oxygen atoms in total. The Morgan fingerprint density at radius 2 is 1.72 bits per heavy atom. The normalized spacial score (nSPS) is 11.0. The number of esters is 1. The highest BCUT2D eigenvalue weighted by Crippen LogP contribution is 2.18. The first kappa shape index (κ1) is 16.9. The molecule has 0 fully saturated rings. The van der Waals surface area contributed by atoms with Crippen LogP contribution in [0.4, 0.5) is 0 Å². The standard InChI is InChI=1S/C20H20N2O3/c1-13(2)12-22-19(23)17-7-5-4-6-16(17)18(21-22)20(24)25-15-10-8-14(3)9-11-15/h4-11,13H,12H2,1-3H3. The zero-order valence-corrected chi connectivity index (χ0v) is 14.5. The van der Waals surface area contributed by atoms with Crippen molar-refractivity contribution < 1.29 is 9.53 Å². The van der Waals surface area contributed by atoms with Crippen molar-refractivity contribution in [2.75, 3.05) is 0 Å². The molecule has 0 aliphatic carbocycles. The first-order valence-corrected chi connectivity index (χ1v) is 8.24. The summed E-state index contributed by atoms with van der Waals surface area (Å²) in [6.07, 6.45) is 0. The molecule has 128 valence electrons. The molecule has 0 unspecified atom stereocenters. The summed E-state index contributed by atoms with van der Waals surface area (Å²) in [4.78, 5) is 25.2. The Kier molecular flexibility index (Phi) is 4.65. The van der Waals surface area contributed by atoms with E-state index in [4.69, 9.17) is 4.74 Å². The second-order valence-electron chi connectivity index (χ2n) is 6.48. The molecule has 0 saturated carbocycles. The number of benzene rings is 2. The molecule has 0 aliphatic rings. The van der Waals surface area contributed by atoms with E-state index in [1.807, 2.05) is 32.9 Å². The molecular formula is C20H20N2O3. The first-order valence-electron chi connectivity index (χ1n) is 8.24. The summed E-state index contributed by atoms with van der Waals surface area (Å²) in [5.74, 6) is 0.105. The van der Waals surface area contributed by atoms with Crippen LogP contribution in [-0.4, -0.2) is 15.7 Å². The molecule has 1 heterocycles. The van der Waals surface area contributed by atoms with Crippen molar-refractivity contribution in [1.82, 2.24) is 9.78 Å². The van der Waals surface area contributed by atoms with Gasteiger partial charge in [-0.3, -0.25) is 4.79 Å². The van der Waals surface area contributed by atoms with Crippen molar-refractivity contribution in [1.29, 1.82) is 0 Å². The van der Waals surface area contributed by atoms with Crippen LogP contribution >= 0.6 is 0 Å². The van der Waals surface area contributed by atoms with Gasteiger partial charge in [-0.25, -0.2) is 9.48 Å². The molecule has 0 amide bonds. The third kappa shape index (κ3) is 3.60. The third-order valence-corrected chi connectivity index (χ3v) is 3.83. The molecule has 0 radical (unpaired) electrons. The van der Waals surface area contributed by atoms with E-state index in [-0.39, 0.29) is 17.2 Å². The van der Waals surface area contributed by atoms with Crippen molar-refractivity contribution in [2.45, 2.75) is 27.3 Å².